The maximum absolute atomic E-state index is 13.4. The normalized spacial score (nSPS) is 10.9. The van der Waals surface area contributed by atoms with Crippen LogP contribution in [0, 0.1) is 5.82 Å². The Morgan fingerprint density at radius 1 is 0.970 bits per heavy atom. The van der Waals surface area contributed by atoms with Crippen LogP contribution >= 0.6 is 11.8 Å². The van der Waals surface area contributed by atoms with E-state index < -0.39 is 6.61 Å². The molecule has 4 aromatic rings. The minimum atomic E-state index is -2.91. The van der Waals surface area contributed by atoms with Crippen LogP contribution in [-0.4, -0.2) is 33.0 Å². The van der Waals surface area contributed by atoms with Gasteiger partial charge < -0.3 is 10.1 Å². The fraction of sp³-hybridized carbons (Fsp3) is 0.0870. The Bertz CT molecular complexity index is 1220. The number of rotatable bonds is 8. The Balaban J connectivity index is 1.50. The molecule has 1 heterocycles. The van der Waals surface area contributed by atoms with E-state index in [0.29, 0.717) is 22.2 Å². The molecule has 6 nitrogen and oxygen atoms in total. The topological polar surface area (TPSA) is 69.0 Å². The van der Waals surface area contributed by atoms with Gasteiger partial charge in [-0.3, -0.25) is 9.36 Å². The molecule has 33 heavy (non-hydrogen) atoms. The van der Waals surface area contributed by atoms with Crippen molar-refractivity contribution in [2.75, 3.05) is 11.1 Å². The van der Waals surface area contributed by atoms with Gasteiger partial charge in [-0.2, -0.15) is 8.78 Å². The molecule has 0 bridgehead atoms. The largest absolute Gasteiger partial charge is 0.435 e. The minimum Gasteiger partial charge on any atom is -0.435 e. The lowest BCUT2D eigenvalue weighted by molar-refractivity contribution is -0.113. The molecule has 0 aliphatic rings. The third-order valence-corrected chi connectivity index (χ3v) is 5.37. The molecule has 4 rings (SSSR count). The highest BCUT2D eigenvalue weighted by Crippen LogP contribution is 2.28. The van der Waals surface area contributed by atoms with Crippen LogP contribution in [0.1, 0.15) is 0 Å². The molecule has 10 heteroatoms. The first-order valence-corrected chi connectivity index (χ1v) is 10.7. The number of aromatic nitrogens is 3. The van der Waals surface area contributed by atoms with E-state index in [9.17, 15) is 18.0 Å². The summed E-state index contributed by atoms with van der Waals surface area (Å²) in [4.78, 5) is 12.4. The predicted molar refractivity (Wildman–Crippen MR) is 119 cm³/mol. The Labute approximate surface area is 191 Å². The van der Waals surface area contributed by atoms with Crippen LogP contribution in [0.25, 0.3) is 17.1 Å². The Morgan fingerprint density at radius 2 is 1.67 bits per heavy atom. The number of nitrogens with one attached hydrogen (secondary N) is 1. The van der Waals surface area contributed by atoms with Gasteiger partial charge in [0.05, 0.1) is 5.75 Å². The quantitative estimate of drug-likeness (QED) is 0.349. The number of hydrogen-bond donors (Lipinski definition) is 1. The number of para-hydroxylation sites is 1. The van der Waals surface area contributed by atoms with Crippen molar-refractivity contribution < 1.29 is 22.7 Å². The van der Waals surface area contributed by atoms with E-state index in [2.05, 4.69) is 20.3 Å². The first-order chi connectivity index (χ1) is 16.0. The summed E-state index contributed by atoms with van der Waals surface area (Å²) in [5.74, 6) is -0.123. The fourth-order valence-corrected chi connectivity index (χ4v) is 3.76. The van der Waals surface area contributed by atoms with E-state index >= 15 is 0 Å². The molecule has 0 saturated carbocycles. The minimum absolute atomic E-state index is 0.00154. The van der Waals surface area contributed by atoms with E-state index in [-0.39, 0.29) is 23.2 Å². The molecule has 3 aromatic carbocycles. The van der Waals surface area contributed by atoms with Gasteiger partial charge in [0.2, 0.25) is 5.91 Å². The van der Waals surface area contributed by atoms with Gasteiger partial charge in [0.15, 0.2) is 11.0 Å². The zero-order valence-electron chi connectivity index (χ0n) is 17.0. The number of alkyl halides is 2. The van der Waals surface area contributed by atoms with Crippen molar-refractivity contribution in [2.45, 2.75) is 11.8 Å². The van der Waals surface area contributed by atoms with Crippen molar-refractivity contribution in [3.05, 3.63) is 84.7 Å². The molecular weight excluding hydrogens is 453 g/mol. The van der Waals surface area contributed by atoms with Crippen molar-refractivity contribution in [2.24, 2.45) is 0 Å². The average molecular weight is 470 g/mol. The molecule has 0 aliphatic heterocycles. The number of nitrogens with zero attached hydrogens (tertiary/aromatic N) is 3. The van der Waals surface area contributed by atoms with E-state index in [1.54, 1.807) is 16.7 Å². The number of carbonyl (C=O) groups is 1. The van der Waals surface area contributed by atoms with E-state index in [4.69, 9.17) is 0 Å². The number of amides is 1. The van der Waals surface area contributed by atoms with Gasteiger partial charge in [0, 0.05) is 16.9 Å². The zero-order valence-corrected chi connectivity index (χ0v) is 17.8. The Morgan fingerprint density at radius 3 is 2.33 bits per heavy atom. The summed E-state index contributed by atoms with van der Waals surface area (Å²) in [6.45, 7) is -2.91. The number of thioether (sulfide) groups is 1. The smallest absolute Gasteiger partial charge is 0.387 e. The second-order valence-electron chi connectivity index (χ2n) is 6.72. The van der Waals surface area contributed by atoms with Gasteiger partial charge in [0.1, 0.15) is 11.6 Å². The summed E-state index contributed by atoms with van der Waals surface area (Å²) >= 11 is 1.18. The molecular formula is C23H17F3N4O2S. The van der Waals surface area contributed by atoms with Crippen molar-refractivity contribution in [3.63, 3.8) is 0 Å². The van der Waals surface area contributed by atoms with Crippen LogP contribution in [0.4, 0.5) is 18.9 Å². The van der Waals surface area contributed by atoms with Crippen molar-refractivity contribution >= 4 is 23.4 Å². The van der Waals surface area contributed by atoms with Crippen LogP contribution < -0.4 is 10.1 Å². The number of ether oxygens (including phenoxy) is 1. The Kier molecular flexibility index (Phi) is 6.94. The van der Waals surface area contributed by atoms with Crippen LogP contribution in [0.15, 0.2) is 84.0 Å². The number of anilines is 1. The van der Waals surface area contributed by atoms with Gasteiger partial charge in [-0.15, -0.1) is 10.2 Å². The molecule has 0 radical (unpaired) electrons. The number of hydrogen-bond acceptors (Lipinski definition) is 5. The molecule has 0 atom stereocenters. The summed E-state index contributed by atoms with van der Waals surface area (Å²) in [5, 5.41) is 11.7. The standard InChI is InChI=1S/C23H17F3N4O2S/c24-16-8-6-15(7-9-16)21-28-29-23(30(21)18-4-2-1-3-5-18)33-14-20(31)27-17-10-12-19(13-11-17)32-22(25)26/h1-13,22H,14H2,(H,27,31). The summed E-state index contributed by atoms with van der Waals surface area (Å²) in [6.07, 6.45) is 0. The molecule has 168 valence electrons. The van der Waals surface area contributed by atoms with Crippen molar-refractivity contribution in [1.82, 2.24) is 14.8 Å². The fourth-order valence-electron chi connectivity index (χ4n) is 3.01. The zero-order chi connectivity index (χ0) is 23.2. The van der Waals surface area contributed by atoms with E-state index in [0.717, 1.165) is 5.69 Å². The first-order valence-electron chi connectivity index (χ1n) is 9.74. The summed E-state index contributed by atoms with van der Waals surface area (Å²) < 4.78 is 44.0. The number of carbonyl (C=O) groups excluding carboxylic acids is 1. The molecule has 0 fully saturated rings. The van der Waals surface area contributed by atoms with Crippen molar-refractivity contribution in [1.29, 1.82) is 0 Å². The molecule has 1 amide bonds. The van der Waals surface area contributed by atoms with Crippen LogP contribution in [0.5, 0.6) is 5.75 Å². The van der Waals surface area contributed by atoms with Gasteiger partial charge in [-0.25, -0.2) is 4.39 Å². The lowest BCUT2D eigenvalue weighted by Crippen LogP contribution is -2.14. The predicted octanol–water partition coefficient (Wildman–Crippen LogP) is 5.41. The molecule has 0 aliphatic carbocycles. The lowest BCUT2D eigenvalue weighted by atomic mass is 10.2. The molecule has 0 spiro atoms. The van der Waals surface area contributed by atoms with E-state index in [1.165, 1.54) is 48.2 Å². The van der Waals surface area contributed by atoms with Gasteiger partial charge in [-0.05, 0) is 60.7 Å². The third-order valence-electron chi connectivity index (χ3n) is 4.45. The molecule has 0 unspecified atom stereocenters. The van der Waals surface area contributed by atoms with Crippen LogP contribution in [-0.2, 0) is 4.79 Å². The average Bonchev–Trinajstić information content (AvgIpc) is 3.24. The summed E-state index contributed by atoms with van der Waals surface area (Å²) in [5.41, 5.74) is 1.91. The highest BCUT2D eigenvalue weighted by Gasteiger charge is 2.17. The maximum Gasteiger partial charge on any atom is 0.387 e. The first kappa shape index (κ1) is 22.4. The lowest BCUT2D eigenvalue weighted by Gasteiger charge is -2.11. The third kappa shape index (κ3) is 5.72. The maximum atomic E-state index is 13.4. The number of benzene rings is 3. The molecule has 1 N–H and O–H groups in total. The van der Waals surface area contributed by atoms with Crippen molar-refractivity contribution in [3.8, 4) is 22.8 Å². The monoisotopic (exact) mass is 470 g/mol. The van der Waals surface area contributed by atoms with Gasteiger partial charge >= 0.3 is 6.61 Å². The second kappa shape index (κ2) is 10.2. The molecule has 0 saturated heterocycles. The van der Waals surface area contributed by atoms with Gasteiger partial charge in [0.25, 0.3) is 0 Å². The van der Waals surface area contributed by atoms with Crippen LogP contribution in [0.2, 0.25) is 0 Å². The SMILES string of the molecule is O=C(CSc1nnc(-c2ccc(F)cc2)n1-c1ccccc1)Nc1ccc(OC(F)F)cc1. The highest BCUT2D eigenvalue weighted by atomic mass is 32.2. The summed E-state index contributed by atoms with van der Waals surface area (Å²) in [7, 11) is 0. The number of halogens is 3. The van der Waals surface area contributed by atoms with E-state index in [1.807, 2.05) is 30.3 Å². The second-order valence-corrected chi connectivity index (χ2v) is 7.67. The Hall–Kier alpha value is -3.79. The van der Waals surface area contributed by atoms with Gasteiger partial charge in [-0.1, -0.05) is 30.0 Å². The molecule has 1 aromatic heterocycles. The van der Waals surface area contributed by atoms with Crippen LogP contribution in [0.3, 0.4) is 0 Å². The highest BCUT2D eigenvalue weighted by molar-refractivity contribution is 7.99. The summed E-state index contributed by atoms with van der Waals surface area (Å²) in [6, 6.07) is 20.9.